The first-order valence-electron chi connectivity index (χ1n) is 8.12. The Hall–Kier alpha value is -2.83. The predicted octanol–water partition coefficient (Wildman–Crippen LogP) is 3.29. The molecule has 0 radical (unpaired) electrons. The third kappa shape index (κ3) is 3.35. The van der Waals surface area contributed by atoms with Gasteiger partial charge in [0.25, 0.3) is 0 Å². The first kappa shape index (κ1) is 17.0. The number of oxazole rings is 1. The van der Waals surface area contributed by atoms with Crippen molar-refractivity contribution in [3.8, 4) is 11.5 Å². The number of carboxylic acids is 1. The van der Waals surface area contributed by atoms with Crippen molar-refractivity contribution < 1.29 is 19.1 Å². The van der Waals surface area contributed by atoms with Crippen LogP contribution in [0.4, 0.5) is 10.5 Å². The van der Waals surface area contributed by atoms with Crippen molar-refractivity contribution in [2.75, 3.05) is 18.4 Å². The minimum atomic E-state index is -0.883. The topological polar surface area (TPSA) is 95.7 Å². The molecule has 1 aromatic heterocycles. The van der Waals surface area contributed by atoms with Crippen LogP contribution in [0.15, 0.2) is 28.7 Å². The number of hydrogen-bond donors (Lipinski definition) is 2. The average Bonchev–Trinajstić information content (AvgIpc) is 3.12. The van der Waals surface area contributed by atoms with Gasteiger partial charge in [0.05, 0.1) is 11.1 Å². The van der Waals surface area contributed by atoms with Crippen molar-refractivity contribution in [2.45, 2.75) is 27.2 Å². The highest BCUT2D eigenvalue weighted by molar-refractivity contribution is 5.91. The number of nitrogens with zero attached hydrogens (tertiary/aromatic N) is 2. The molecule has 1 aromatic carbocycles. The average molecular weight is 343 g/mol. The van der Waals surface area contributed by atoms with Crippen LogP contribution in [0.1, 0.15) is 24.8 Å². The SMILES string of the molecule is Cc1nc(-c2cccc(NC(=O)N3CCC(C)(C(=O)O)C3)c2)oc1C. The van der Waals surface area contributed by atoms with E-state index < -0.39 is 11.4 Å². The van der Waals surface area contributed by atoms with E-state index in [9.17, 15) is 14.7 Å². The summed E-state index contributed by atoms with van der Waals surface area (Å²) in [7, 11) is 0. The van der Waals surface area contributed by atoms with Crippen molar-refractivity contribution in [3.63, 3.8) is 0 Å². The number of aromatic nitrogens is 1. The van der Waals surface area contributed by atoms with Crippen LogP contribution in [0.25, 0.3) is 11.5 Å². The van der Waals surface area contributed by atoms with Gasteiger partial charge >= 0.3 is 12.0 Å². The number of rotatable bonds is 3. The van der Waals surface area contributed by atoms with E-state index in [4.69, 9.17) is 4.42 Å². The molecule has 25 heavy (non-hydrogen) atoms. The first-order valence-corrected chi connectivity index (χ1v) is 8.12. The van der Waals surface area contributed by atoms with Crippen LogP contribution in [-0.2, 0) is 4.79 Å². The van der Waals surface area contributed by atoms with Crippen molar-refractivity contribution in [1.29, 1.82) is 0 Å². The number of aliphatic carboxylic acids is 1. The number of amides is 2. The summed E-state index contributed by atoms with van der Waals surface area (Å²) in [6.45, 7) is 6.01. The number of carbonyl (C=O) groups is 2. The predicted molar refractivity (Wildman–Crippen MR) is 92.4 cm³/mol. The Kier molecular flexibility index (Phi) is 4.24. The molecular formula is C18H21N3O4. The van der Waals surface area contributed by atoms with Gasteiger partial charge in [0.2, 0.25) is 5.89 Å². The van der Waals surface area contributed by atoms with E-state index in [1.807, 2.05) is 26.0 Å². The van der Waals surface area contributed by atoms with Gasteiger partial charge < -0.3 is 19.7 Å². The van der Waals surface area contributed by atoms with Gasteiger partial charge in [-0.25, -0.2) is 9.78 Å². The van der Waals surface area contributed by atoms with Gasteiger partial charge in [-0.15, -0.1) is 0 Å². The van der Waals surface area contributed by atoms with Gasteiger partial charge in [-0.2, -0.15) is 0 Å². The molecule has 1 atom stereocenters. The lowest BCUT2D eigenvalue weighted by Gasteiger charge is -2.20. The Morgan fingerprint density at radius 2 is 2.12 bits per heavy atom. The van der Waals surface area contributed by atoms with Gasteiger partial charge in [-0.05, 0) is 45.4 Å². The monoisotopic (exact) mass is 343 g/mol. The molecule has 7 nitrogen and oxygen atoms in total. The van der Waals surface area contributed by atoms with Gasteiger partial charge in [0.1, 0.15) is 5.76 Å². The highest BCUT2D eigenvalue weighted by Gasteiger charge is 2.42. The summed E-state index contributed by atoms with van der Waals surface area (Å²) in [5.74, 6) is 0.389. The maximum absolute atomic E-state index is 12.4. The molecule has 0 saturated carbocycles. The Balaban J connectivity index is 1.72. The van der Waals surface area contributed by atoms with E-state index in [0.29, 0.717) is 24.5 Å². The highest BCUT2D eigenvalue weighted by atomic mass is 16.4. The number of urea groups is 1. The number of likely N-dealkylation sites (tertiary alicyclic amines) is 1. The van der Waals surface area contributed by atoms with Crippen LogP contribution in [0, 0.1) is 19.3 Å². The first-order chi connectivity index (χ1) is 11.8. The number of anilines is 1. The quantitative estimate of drug-likeness (QED) is 0.891. The van der Waals surface area contributed by atoms with Crippen molar-refractivity contribution in [3.05, 3.63) is 35.7 Å². The summed E-state index contributed by atoms with van der Waals surface area (Å²) in [5.41, 5.74) is 1.33. The van der Waals surface area contributed by atoms with Crippen LogP contribution in [0.3, 0.4) is 0 Å². The fourth-order valence-corrected chi connectivity index (χ4v) is 2.84. The number of carboxylic acid groups (broad SMARTS) is 1. The zero-order valence-electron chi connectivity index (χ0n) is 14.5. The van der Waals surface area contributed by atoms with E-state index in [1.54, 1.807) is 19.1 Å². The summed E-state index contributed by atoms with van der Waals surface area (Å²) < 4.78 is 5.61. The molecule has 2 amide bonds. The molecular weight excluding hydrogens is 322 g/mol. The molecule has 0 bridgehead atoms. The van der Waals surface area contributed by atoms with Gasteiger partial charge in [-0.3, -0.25) is 4.79 Å². The number of hydrogen-bond acceptors (Lipinski definition) is 4. The van der Waals surface area contributed by atoms with Crippen LogP contribution < -0.4 is 5.32 Å². The van der Waals surface area contributed by atoms with E-state index >= 15 is 0 Å². The molecule has 1 saturated heterocycles. The van der Waals surface area contributed by atoms with E-state index in [0.717, 1.165) is 17.0 Å². The summed E-state index contributed by atoms with van der Waals surface area (Å²) in [6, 6.07) is 6.93. The Morgan fingerprint density at radius 1 is 1.36 bits per heavy atom. The number of nitrogens with one attached hydrogen (secondary N) is 1. The summed E-state index contributed by atoms with van der Waals surface area (Å²) >= 11 is 0. The summed E-state index contributed by atoms with van der Waals surface area (Å²) in [4.78, 5) is 29.6. The van der Waals surface area contributed by atoms with Crippen LogP contribution in [0.5, 0.6) is 0 Å². The second-order valence-electron chi connectivity index (χ2n) is 6.71. The molecule has 7 heteroatoms. The Morgan fingerprint density at radius 3 is 2.72 bits per heavy atom. The number of carbonyl (C=O) groups excluding carboxylic acids is 1. The maximum Gasteiger partial charge on any atom is 0.321 e. The molecule has 2 aromatic rings. The summed E-state index contributed by atoms with van der Waals surface area (Å²) in [6.07, 6.45) is 0.449. The standard InChI is InChI=1S/C18H21N3O4/c1-11-12(2)25-15(19-11)13-5-4-6-14(9-13)20-17(24)21-8-7-18(3,10-21)16(22)23/h4-6,9H,7-8,10H2,1-3H3,(H,20,24)(H,22,23). The lowest BCUT2D eigenvalue weighted by molar-refractivity contribution is -0.146. The third-order valence-electron chi connectivity index (χ3n) is 4.67. The van der Waals surface area contributed by atoms with E-state index in [-0.39, 0.29) is 12.6 Å². The van der Waals surface area contributed by atoms with Crippen molar-refractivity contribution >= 4 is 17.7 Å². The highest BCUT2D eigenvalue weighted by Crippen LogP contribution is 2.31. The second kappa shape index (κ2) is 6.23. The molecule has 1 aliphatic heterocycles. The molecule has 132 valence electrons. The van der Waals surface area contributed by atoms with Gasteiger partial charge in [0.15, 0.2) is 0 Å². The van der Waals surface area contributed by atoms with Crippen LogP contribution >= 0.6 is 0 Å². The third-order valence-corrected chi connectivity index (χ3v) is 4.67. The number of benzene rings is 1. The molecule has 3 rings (SSSR count). The molecule has 2 heterocycles. The lowest BCUT2D eigenvalue weighted by atomic mass is 9.90. The summed E-state index contributed by atoms with van der Waals surface area (Å²) in [5, 5.41) is 12.1. The van der Waals surface area contributed by atoms with Crippen molar-refractivity contribution in [2.24, 2.45) is 5.41 Å². The van der Waals surface area contributed by atoms with Crippen LogP contribution in [0.2, 0.25) is 0 Å². The van der Waals surface area contributed by atoms with E-state index in [2.05, 4.69) is 10.3 Å². The zero-order valence-corrected chi connectivity index (χ0v) is 14.5. The fraction of sp³-hybridized carbons (Fsp3) is 0.389. The normalized spacial score (nSPS) is 19.9. The minimum Gasteiger partial charge on any atom is -0.481 e. The van der Waals surface area contributed by atoms with Crippen LogP contribution in [-0.4, -0.2) is 40.1 Å². The van der Waals surface area contributed by atoms with Crippen molar-refractivity contribution in [1.82, 2.24) is 9.88 Å². The molecule has 1 unspecified atom stereocenters. The maximum atomic E-state index is 12.4. The van der Waals surface area contributed by atoms with E-state index in [1.165, 1.54) is 4.90 Å². The zero-order chi connectivity index (χ0) is 18.2. The smallest absolute Gasteiger partial charge is 0.321 e. The Labute approximate surface area is 145 Å². The molecule has 1 fully saturated rings. The van der Waals surface area contributed by atoms with Gasteiger partial charge in [-0.1, -0.05) is 6.07 Å². The Bertz CT molecular complexity index is 810. The molecule has 0 aliphatic carbocycles. The largest absolute Gasteiger partial charge is 0.481 e. The lowest BCUT2D eigenvalue weighted by Crippen LogP contribution is -2.37. The fourth-order valence-electron chi connectivity index (χ4n) is 2.84. The minimum absolute atomic E-state index is 0.200. The van der Waals surface area contributed by atoms with Gasteiger partial charge in [0, 0.05) is 24.3 Å². The molecule has 2 N–H and O–H groups in total. The molecule has 1 aliphatic rings. The molecule has 0 spiro atoms. The second-order valence-corrected chi connectivity index (χ2v) is 6.71. The number of aryl methyl sites for hydroxylation is 2.